The van der Waals surface area contributed by atoms with Gasteiger partial charge in [0, 0.05) is 45.8 Å². The van der Waals surface area contributed by atoms with Crippen LogP contribution in [0.5, 0.6) is 0 Å². The van der Waals surface area contributed by atoms with E-state index in [0.717, 1.165) is 0 Å². The van der Waals surface area contributed by atoms with Crippen molar-refractivity contribution in [2.45, 2.75) is 0 Å². The van der Waals surface area contributed by atoms with Gasteiger partial charge in [-0.25, -0.2) is 0 Å². The van der Waals surface area contributed by atoms with Gasteiger partial charge >= 0.3 is 0 Å². The largest absolute Gasteiger partial charge is 0.395 e. The Bertz CT molecular complexity index is 60.6. The number of hydrogen-bond acceptors (Lipinski definition) is 4. The van der Waals surface area contributed by atoms with Gasteiger partial charge < -0.3 is 15.3 Å². The first-order valence-electron chi connectivity index (χ1n) is 3.40. The van der Waals surface area contributed by atoms with Crippen LogP contribution in [0.1, 0.15) is 0 Å². The Morgan fingerprint density at radius 3 is 1.18 bits per heavy atom. The molecule has 5 heteroatoms. The summed E-state index contributed by atoms with van der Waals surface area (Å²) < 4.78 is 0. The van der Waals surface area contributed by atoms with Gasteiger partial charge in [0.05, 0.1) is 19.8 Å². The molecule has 0 fully saturated rings. The van der Waals surface area contributed by atoms with Gasteiger partial charge in [0.1, 0.15) is 0 Å². The van der Waals surface area contributed by atoms with Crippen molar-refractivity contribution in [3.63, 3.8) is 0 Å². The minimum absolute atomic E-state index is 0. The van der Waals surface area contributed by atoms with Gasteiger partial charge in [-0.3, -0.25) is 4.90 Å². The number of aliphatic hydroxyl groups excluding tert-OH is 3. The van der Waals surface area contributed by atoms with Crippen molar-refractivity contribution in [3.05, 3.63) is 0 Å². The Balaban J connectivity index is 0. The van der Waals surface area contributed by atoms with Gasteiger partial charge in [-0.2, -0.15) is 0 Å². The SMILES string of the molecule is OCCN(CCO)CCO.[Zr]. The standard InChI is InChI=1S/C6H15NO3.Zr/c8-4-1-7(2-5-9)3-6-10;/h8-10H,1-6H2;. The topological polar surface area (TPSA) is 63.9 Å². The molecule has 0 bridgehead atoms. The third kappa shape index (κ3) is 8.63. The summed E-state index contributed by atoms with van der Waals surface area (Å²) in [6, 6.07) is 0. The second-order valence-electron chi connectivity index (χ2n) is 2.01. The molecule has 0 aromatic carbocycles. The summed E-state index contributed by atoms with van der Waals surface area (Å²) in [5.74, 6) is 0. The molecule has 0 saturated heterocycles. The summed E-state index contributed by atoms with van der Waals surface area (Å²) in [5, 5.41) is 25.5. The molecule has 3 N–H and O–H groups in total. The summed E-state index contributed by atoms with van der Waals surface area (Å²) in [4.78, 5) is 1.79. The van der Waals surface area contributed by atoms with Crippen LogP contribution in [-0.2, 0) is 26.2 Å². The summed E-state index contributed by atoms with van der Waals surface area (Å²) >= 11 is 0. The molecule has 0 aliphatic carbocycles. The predicted octanol–water partition coefficient (Wildman–Crippen LogP) is -1.74. The molecular formula is C6H15NO3Zr. The zero-order valence-electron chi connectivity index (χ0n) is 6.53. The Morgan fingerprint density at radius 1 is 0.727 bits per heavy atom. The van der Waals surface area contributed by atoms with E-state index in [4.69, 9.17) is 15.3 Å². The maximum Gasteiger partial charge on any atom is 0.0558 e. The van der Waals surface area contributed by atoms with Gasteiger partial charge in [0.15, 0.2) is 0 Å². The molecule has 11 heavy (non-hydrogen) atoms. The number of hydrogen-bond donors (Lipinski definition) is 3. The molecule has 0 saturated carbocycles. The first-order valence-corrected chi connectivity index (χ1v) is 3.40. The van der Waals surface area contributed by atoms with Crippen molar-refractivity contribution in [1.82, 2.24) is 4.90 Å². The first-order chi connectivity index (χ1) is 4.85. The van der Waals surface area contributed by atoms with Gasteiger partial charge in [0.2, 0.25) is 0 Å². The average Bonchev–Trinajstić information content (AvgIpc) is 1.90. The normalized spacial score (nSPS) is 9.82. The van der Waals surface area contributed by atoms with Crippen molar-refractivity contribution in [2.24, 2.45) is 0 Å². The van der Waals surface area contributed by atoms with Crippen LogP contribution in [0.2, 0.25) is 0 Å². The molecule has 4 nitrogen and oxygen atoms in total. The van der Waals surface area contributed by atoms with Crippen LogP contribution in [0.3, 0.4) is 0 Å². The monoisotopic (exact) mass is 239 g/mol. The number of aliphatic hydroxyl groups is 3. The fraction of sp³-hybridized carbons (Fsp3) is 1.00. The molecule has 0 radical (unpaired) electrons. The van der Waals surface area contributed by atoms with E-state index < -0.39 is 0 Å². The van der Waals surface area contributed by atoms with E-state index in [1.807, 2.05) is 0 Å². The molecule has 0 amide bonds. The average molecular weight is 240 g/mol. The van der Waals surface area contributed by atoms with E-state index in [1.165, 1.54) is 0 Å². The van der Waals surface area contributed by atoms with Crippen molar-refractivity contribution in [2.75, 3.05) is 39.5 Å². The molecule has 0 heterocycles. The van der Waals surface area contributed by atoms with Gasteiger partial charge in [0.25, 0.3) is 0 Å². The van der Waals surface area contributed by atoms with Crippen LogP contribution in [0.15, 0.2) is 0 Å². The minimum atomic E-state index is 0. The molecule has 0 aliphatic rings. The Labute approximate surface area is 86.0 Å². The summed E-state index contributed by atoms with van der Waals surface area (Å²) in [7, 11) is 0. The summed E-state index contributed by atoms with van der Waals surface area (Å²) in [6.45, 7) is 1.75. The fourth-order valence-electron chi connectivity index (χ4n) is 0.760. The second-order valence-corrected chi connectivity index (χ2v) is 2.01. The third-order valence-electron chi connectivity index (χ3n) is 1.25. The van der Waals surface area contributed by atoms with Crippen LogP contribution >= 0.6 is 0 Å². The van der Waals surface area contributed by atoms with E-state index in [0.29, 0.717) is 19.6 Å². The number of nitrogens with zero attached hydrogens (tertiary/aromatic N) is 1. The van der Waals surface area contributed by atoms with Crippen molar-refractivity contribution >= 4 is 0 Å². The second kappa shape index (κ2) is 10.7. The molecule has 0 atom stereocenters. The molecule has 0 aromatic heterocycles. The maximum absolute atomic E-state index is 8.48. The fourth-order valence-corrected chi connectivity index (χ4v) is 0.760. The van der Waals surface area contributed by atoms with Crippen LogP contribution in [-0.4, -0.2) is 59.7 Å². The van der Waals surface area contributed by atoms with Gasteiger partial charge in [-0.05, 0) is 0 Å². The van der Waals surface area contributed by atoms with Crippen LogP contribution in [0, 0.1) is 0 Å². The molecule has 0 unspecified atom stereocenters. The van der Waals surface area contributed by atoms with Crippen molar-refractivity contribution in [1.29, 1.82) is 0 Å². The van der Waals surface area contributed by atoms with Gasteiger partial charge in [-0.1, -0.05) is 0 Å². The van der Waals surface area contributed by atoms with Gasteiger partial charge in [-0.15, -0.1) is 0 Å². The Morgan fingerprint density at radius 2 is 1.00 bits per heavy atom. The predicted molar refractivity (Wildman–Crippen MR) is 37.7 cm³/mol. The molecule has 0 aromatic rings. The Hall–Kier alpha value is 0.723. The molecule has 0 rings (SSSR count). The van der Waals surface area contributed by atoms with E-state index in [-0.39, 0.29) is 46.0 Å². The zero-order valence-corrected chi connectivity index (χ0v) is 8.99. The van der Waals surface area contributed by atoms with Crippen LogP contribution in [0.25, 0.3) is 0 Å². The molecule has 0 spiro atoms. The third-order valence-corrected chi connectivity index (χ3v) is 1.25. The van der Waals surface area contributed by atoms with E-state index in [2.05, 4.69) is 0 Å². The molecule has 0 aliphatic heterocycles. The maximum atomic E-state index is 8.48. The van der Waals surface area contributed by atoms with E-state index in [9.17, 15) is 0 Å². The van der Waals surface area contributed by atoms with E-state index >= 15 is 0 Å². The van der Waals surface area contributed by atoms with Crippen molar-refractivity contribution in [3.8, 4) is 0 Å². The molecular weight excluding hydrogens is 225 g/mol. The summed E-state index contributed by atoms with van der Waals surface area (Å²) in [6.07, 6.45) is 0. The summed E-state index contributed by atoms with van der Waals surface area (Å²) in [5.41, 5.74) is 0. The van der Waals surface area contributed by atoms with Crippen LogP contribution < -0.4 is 0 Å². The minimum Gasteiger partial charge on any atom is -0.395 e. The van der Waals surface area contributed by atoms with Crippen molar-refractivity contribution < 1.29 is 41.5 Å². The zero-order chi connectivity index (χ0) is 7.82. The molecule has 66 valence electrons. The first kappa shape index (κ1) is 14.3. The Kier molecular flexibility index (Phi) is 13.9. The van der Waals surface area contributed by atoms with Crippen LogP contribution in [0.4, 0.5) is 0 Å². The smallest absolute Gasteiger partial charge is 0.0558 e. The van der Waals surface area contributed by atoms with E-state index in [1.54, 1.807) is 4.90 Å². The quantitative estimate of drug-likeness (QED) is 0.516. The number of rotatable bonds is 6.